The van der Waals surface area contributed by atoms with E-state index < -0.39 is 17.4 Å². The van der Waals surface area contributed by atoms with E-state index in [1.807, 2.05) is 30.3 Å². The number of carbonyl (C=O) groups is 2. The van der Waals surface area contributed by atoms with Crippen LogP contribution in [0.25, 0.3) is 5.69 Å². The molecule has 0 unspecified atom stereocenters. The number of hydrogen-bond donors (Lipinski definition) is 2. The van der Waals surface area contributed by atoms with E-state index in [0.29, 0.717) is 0 Å². The lowest BCUT2D eigenvalue weighted by atomic mass is 10.1. The van der Waals surface area contributed by atoms with Crippen LogP contribution >= 0.6 is 0 Å². The fourth-order valence-corrected chi connectivity index (χ4v) is 1.77. The van der Waals surface area contributed by atoms with Gasteiger partial charge in [-0.25, -0.2) is 9.48 Å². The molecule has 2 rings (SSSR count). The van der Waals surface area contributed by atoms with Crippen molar-refractivity contribution in [2.75, 3.05) is 7.11 Å². The van der Waals surface area contributed by atoms with Crippen molar-refractivity contribution in [3.05, 3.63) is 42.2 Å². The van der Waals surface area contributed by atoms with Gasteiger partial charge in [0.15, 0.2) is 11.4 Å². The summed E-state index contributed by atoms with van der Waals surface area (Å²) in [5.74, 6) is -1.48. The Kier molecular flexibility index (Phi) is 4.16. The van der Waals surface area contributed by atoms with Crippen LogP contribution in [0.1, 0.15) is 24.3 Å². The molecule has 0 aliphatic rings. The van der Waals surface area contributed by atoms with E-state index in [1.54, 1.807) is 6.20 Å². The minimum absolute atomic E-state index is 0.0284. The third-order valence-electron chi connectivity index (χ3n) is 3.10. The van der Waals surface area contributed by atoms with E-state index >= 15 is 0 Å². The summed E-state index contributed by atoms with van der Waals surface area (Å²) in [5.41, 5.74) is -0.614. The maximum absolute atomic E-state index is 12.3. The van der Waals surface area contributed by atoms with E-state index in [1.165, 1.54) is 25.6 Å². The molecule has 0 saturated heterocycles. The van der Waals surface area contributed by atoms with Crippen molar-refractivity contribution in [2.24, 2.45) is 0 Å². The number of ether oxygens (including phenoxy) is 1. The lowest BCUT2D eigenvalue weighted by molar-refractivity contribution is -0.143. The van der Waals surface area contributed by atoms with Crippen molar-refractivity contribution in [3.63, 3.8) is 0 Å². The number of nitrogens with zero attached hydrogens (tertiary/aromatic N) is 2. The van der Waals surface area contributed by atoms with Crippen LogP contribution < -0.4 is 10.1 Å². The molecule has 0 aliphatic heterocycles. The van der Waals surface area contributed by atoms with Gasteiger partial charge >= 0.3 is 5.97 Å². The molecular formula is C15H17N3O4. The fourth-order valence-electron chi connectivity index (χ4n) is 1.77. The number of para-hydroxylation sites is 1. The molecule has 0 aliphatic carbocycles. The maximum atomic E-state index is 12.3. The highest BCUT2D eigenvalue weighted by Gasteiger charge is 2.31. The molecule has 22 heavy (non-hydrogen) atoms. The number of methoxy groups -OCH3 is 1. The number of aliphatic carboxylic acids is 1. The van der Waals surface area contributed by atoms with Gasteiger partial charge in [0.25, 0.3) is 5.91 Å². The van der Waals surface area contributed by atoms with Crippen LogP contribution in [0.15, 0.2) is 36.5 Å². The third kappa shape index (κ3) is 3.08. The first kappa shape index (κ1) is 15.6. The van der Waals surface area contributed by atoms with Crippen molar-refractivity contribution in [1.82, 2.24) is 15.1 Å². The first-order valence-electron chi connectivity index (χ1n) is 6.60. The molecule has 1 amide bonds. The average molecular weight is 303 g/mol. The highest BCUT2D eigenvalue weighted by atomic mass is 16.5. The summed E-state index contributed by atoms with van der Waals surface area (Å²) in [6.07, 6.45) is 1.57. The van der Waals surface area contributed by atoms with Gasteiger partial charge in [-0.1, -0.05) is 18.2 Å². The summed E-state index contributed by atoms with van der Waals surface area (Å²) >= 11 is 0. The Balaban J connectivity index is 2.33. The number of nitrogens with one attached hydrogen (secondary N) is 1. The van der Waals surface area contributed by atoms with Gasteiger partial charge in [-0.05, 0) is 26.0 Å². The average Bonchev–Trinajstić information content (AvgIpc) is 2.92. The molecule has 2 aromatic rings. The normalized spacial score (nSPS) is 11.0. The summed E-state index contributed by atoms with van der Waals surface area (Å²) in [4.78, 5) is 23.4. The van der Waals surface area contributed by atoms with Crippen molar-refractivity contribution in [2.45, 2.75) is 19.4 Å². The molecule has 0 saturated carbocycles. The molecule has 0 radical (unpaired) electrons. The highest BCUT2D eigenvalue weighted by Crippen LogP contribution is 2.20. The number of carboxylic acids is 1. The number of aromatic nitrogens is 2. The molecule has 0 spiro atoms. The molecule has 1 heterocycles. The summed E-state index contributed by atoms with van der Waals surface area (Å²) in [7, 11) is 1.42. The van der Waals surface area contributed by atoms with E-state index in [2.05, 4.69) is 10.4 Å². The number of rotatable bonds is 5. The predicted molar refractivity (Wildman–Crippen MR) is 79.3 cm³/mol. The van der Waals surface area contributed by atoms with E-state index in [4.69, 9.17) is 9.84 Å². The molecule has 0 atom stereocenters. The van der Waals surface area contributed by atoms with Crippen LogP contribution in [0.5, 0.6) is 5.75 Å². The zero-order valence-corrected chi connectivity index (χ0v) is 12.5. The molecule has 1 aromatic heterocycles. The maximum Gasteiger partial charge on any atom is 0.328 e. The number of amides is 1. The Morgan fingerprint density at radius 1 is 1.27 bits per heavy atom. The van der Waals surface area contributed by atoms with Crippen molar-refractivity contribution < 1.29 is 19.4 Å². The summed E-state index contributed by atoms with van der Waals surface area (Å²) in [5, 5.41) is 15.7. The first-order chi connectivity index (χ1) is 10.3. The van der Waals surface area contributed by atoms with Crippen LogP contribution in [-0.4, -0.2) is 39.4 Å². The van der Waals surface area contributed by atoms with Crippen LogP contribution in [-0.2, 0) is 4.79 Å². The van der Waals surface area contributed by atoms with Gasteiger partial charge < -0.3 is 15.2 Å². The van der Waals surface area contributed by atoms with Gasteiger partial charge in [0.05, 0.1) is 19.0 Å². The highest BCUT2D eigenvalue weighted by molar-refractivity contribution is 5.98. The molecular weight excluding hydrogens is 286 g/mol. The number of benzene rings is 1. The number of carboxylic acid groups (broad SMARTS) is 1. The van der Waals surface area contributed by atoms with E-state index in [9.17, 15) is 9.59 Å². The standard InChI is InChI=1S/C15H17N3O4/c1-15(2,14(20)21)16-13(19)12-11(22-3)9-18(17-12)10-7-5-4-6-8-10/h4-9H,1-3H3,(H,16,19)(H,20,21). The topological polar surface area (TPSA) is 93.5 Å². The first-order valence-corrected chi connectivity index (χ1v) is 6.60. The second-order valence-electron chi connectivity index (χ2n) is 5.21. The molecule has 7 heteroatoms. The van der Waals surface area contributed by atoms with Gasteiger partial charge in [-0.2, -0.15) is 5.10 Å². The third-order valence-corrected chi connectivity index (χ3v) is 3.10. The molecule has 1 aromatic carbocycles. The van der Waals surface area contributed by atoms with Gasteiger partial charge in [-0.3, -0.25) is 4.79 Å². The number of hydrogen-bond acceptors (Lipinski definition) is 4. The summed E-state index contributed by atoms with van der Waals surface area (Å²) in [6, 6.07) is 9.21. The monoisotopic (exact) mass is 303 g/mol. The van der Waals surface area contributed by atoms with Gasteiger partial charge in [-0.15, -0.1) is 0 Å². The largest absolute Gasteiger partial charge is 0.493 e. The SMILES string of the molecule is COc1cn(-c2ccccc2)nc1C(=O)NC(C)(C)C(=O)O. The van der Waals surface area contributed by atoms with Crippen LogP contribution in [0.3, 0.4) is 0 Å². The lowest BCUT2D eigenvalue weighted by Crippen LogP contribution is -2.49. The van der Waals surface area contributed by atoms with E-state index in [-0.39, 0.29) is 11.4 Å². The van der Waals surface area contributed by atoms with Crippen LogP contribution in [0, 0.1) is 0 Å². The predicted octanol–water partition coefficient (Wildman–Crippen LogP) is 1.47. The Labute approximate surface area is 127 Å². The van der Waals surface area contributed by atoms with Crippen molar-refractivity contribution >= 4 is 11.9 Å². The van der Waals surface area contributed by atoms with Gasteiger partial charge in [0.2, 0.25) is 0 Å². The smallest absolute Gasteiger partial charge is 0.328 e. The zero-order valence-electron chi connectivity index (χ0n) is 12.5. The van der Waals surface area contributed by atoms with Crippen LogP contribution in [0.4, 0.5) is 0 Å². The Morgan fingerprint density at radius 2 is 1.91 bits per heavy atom. The Morgan fingerprint density at radius 3 is 2.45 bits per heavy atom. The van der Waals surface area contributed by atoms with Gasteiger partial charge in [0, 0.05) is 0 Å². The van der Waals surface area contributed by atoms with Gasteiger partial charge in [0.1, 0.15) is 5.54 Å². The second kappa shape index (κ2) is 5.88. The minimum atomic E-state index is -1.40. The molecule has 116 valence electrons. The van der Waals surface area contributed by atoms with Crippen molar-refractivity contribution in [1.29, 1.82) is 0 Å². The minimum Gasteiger partial charge on any atom is -0.493 e. The Bertz CT molecular complexity index is 692. The number of carbonyl (C=O) groups excluding carboxylic acids is 1. The van der Waals surface area contributed by atoms with E-state index in [0.717, 1.165) is 5.69 Å². The van der Waals surface area contributed by atoms with Crippen molar-refractivity contribution in [3.8, 4) is 11.4 Å². The second-order valence-corrected chi connectivity index (χ2v) is 5.21. The molecule has 7 nitrogen and oxygen atoms in total. The molecule has 0 bridgehead atoms. The molecule has 0 fully saturated rings. The molecule has 2 N–H and O–H groups in total. The fraction of sp³-hybridized carbons (Fsp3) is 0.267. The zero-order chi connectivity index (χ0) is 16.3. The Hall–Kier alpha value is -2.83. The van der Waals surface area contributed by atoms with Crippen LogP contribution in [0.2, 0.25) is 0 Å². The summed E-state index contributed by atoms with van der Waals surface area (Å²) < 4.78 is 6.65. The summed E-state index contributed by atoms with van der Waals surface area (Å²) in [6.45, 7) is 2.79. The quantitative estimate of drug-likeness (QED) is 0.872. The lowest BCUT2D eigenvalue weighted by Gasteiger charge is -2.20.